The Balaban J connectivity index is 2.22. The highest BCUT2D eigenvalue weighted by molar-refractivity contribution is 5.36. The third-order valence-corrected chi connectivity index (χ3v) is 2.12. The Kier molecular flexibility index (Phi) is 2.72. The van der Waals surface area contributed by atoms with Gasteiger partial charge in [-0.1, -0.05) is 24.3 Å². The highest BCUT2D eigenvalue weighted by Crippen LogP contribution is 2.22. The number of benzene rings is 2. The normalized spacial score (nSPS) is 10.0. The largest absolute Gasteiger partial charge is 0.457 e. The Morgan fingerprint density at radius 1 is 0.933 bits per heavy atom. The van der Waals surface area contributed by atoms with Crippen LogP contribution in [0.15, 0.2) is 48.5 Å². The van der Waals surface area contributed by atoms with Crippen LogP contribution in [-0.4, -0.2) is 0 Å². The molecular formula is C14H13O. The molecular weight excluding hydrogens is 184 g/mol. The van der Waals surface area contributed by atoms with E-state index in [1.54, 1.807) is 0 Å². The number of aryl methyl sites for hydroxylation is 1. The molecule has 2 aromatic rings. The van der Waals surface area contributed by atoms with Gasteiger partial charge in [0, 0.05) is 0 Å². The maximum atomic E-state index is 5.70. The standard InChI is InChI=1S/C14H13O/c1-11-5-3-7-13(9-11)15-14-8-4-6-12(2)10-14/h3-10H,1H2,2H3. The van der Waals surface area contributed by atoms with Gasteiger partial charge in [0.05, 0.1) is 0 Å². The molecule has 0 spiro atoms. The first kappa shape index (κ1) is 9.78. The Morgan fingerprint density at radius 2 is 1.60 bits per heavy atom. The van der Waals surface area contributed by atoms with Crippen LogP contribution < -0.4 is 4.74 Å². The molecule has 0 N–H and O–H groups in total. The van der Waals surface area contributed by atoms with Crippen molar-refractivity contribution in [3.05, 3.63) is 66.6 Å². The molecule has 1 heteroatoms. The van der Waals surface area contributed by atoms with Crippen molar-refractivity contribution in [2.24, 2.45) is 0 Å². The topological polar surface area (TPSA) is 9.23 Å². The van der Waals surface area contributed by atoms with Crippen molar-refractivity contribution in [3.63, 3.8) is 0 Å². The average molecular weight is 197 g/mol. The number of hydrogen-bond donors (Lipinski definition) is 0. The third kappa shape index (κ3) is 2.59. The van der Waals surface area contributed by atoms with Crippen LogP contribution in [0.2, 0.25) is 0 Å². The zero-order chi connectivity index (χ0) is 10.7. The van der Waals surface area contributed by atoms with Gasteiger partial charge in [-0.25, -0.2) is 0 Å². The number of rotatable bonds is 2. The first-order chi connectivity index (χ1) is 7.24. The monoisotopic (exact) mass is 197 g/mol. The molecule has 1 nitrogen and oxygen atoms in total. The van der Waals surface area contributed by atoms with Crippen molar-refractivity contribution in [1.82, 2.24) is 0 Å². The van der Waals surface area contributed by atoms with Crippen molar-refractivity contribution in [2.45, 2.75) is 6.92 Å². The molecule has 0 saturated carbocycles. The van der Waals surface area contributed by atoms with E-state index in [2.05, 4.69) is 6.92 Å². The molecule has 0 bridgehead atoms. The summed E-state index contributed by atoms with van der Waals surface area (Å²) in [4.78, 5) is 0. The lowest BCUT2D eigenvalue weighted by Gasteiger charge is -2.06. The molecule has 2 rings (SSSR count). The zero-order valence-electron chi connectivity index (χ0n) is 8.73. The smallest absolute Gasteiger partial charge is 0.127 e. The summed E-state index contributed by atoms with van der Waals surface area (Å²) in [7, 11) is 0. The maximum absolute atomic E-state index is 5.70. The quantitative estimate of drug-likeness (QED) is 0.707. The van der Waals surface area contributed by atoms with Crippen LogP contribution >= 0.6 is 0 Å². The van der Waals surface area contributed by atoms with Crippen LogP contribution in [0.1, 0.15) is 11.1 Å². The van der Waals surface area contributed by atoms with Crippen molar-refractivity contribution >= 4 is 0 Å². The number of ether oxygens (including phenoxy) is 1. The van der Waals surface area contributed by atoms with Crippen molar-refractivity contribution in [2.75, 3.05) is 0 Å². The summed E-state index contributed by atoms with van der Waals surface area (Å²) in [5.74, 6) is 1.69. The second-order valence-electron chi connectivity index (χ2n) is 3.57. The zero-order valence-corrected chi connectivity index (χ0v) is 8.73. The SMILES string of the molecule is [CH2]c1cccc(Oc2cccc(C)c2)c1. The minimum absolute atomic E-state index is 0.827. The molecule has 2 aromatic carbocycles. The summed E-state index contributed by atoms with van der Waals surface area (Å²) >= 11 is 0. The fourth-order valence-corrected chi connectivity index (χ4v) is 1.42. The maximum Gasteiger partial charge on any atom is 0.127 e. The van der Waals surface area contributed by atoms with Gasteiger partial charge in [-0.15, -0.1) is 0 Å². The van der Waals surface area contributed by atoms with Crippen molar-refractivity contribution < 1.29 is 4.74 Å². The first-order valence-electron chi connectivity index (χ1n) is 4.90. The van der Waals surface area contributed by atoms with E-state index in [1.165, 1.54) is 5.56 Å². The highest BCUT2D eigenvalue weighted by Gasteiger charge is 1.96. The summed E-state index contributed by atoms with van der Waals surface area (Å²) in [6.07, 6.45) is 0. The Morgan fingerprint density at radius 3 is 2.27 bits per heavy atom. The molecule has 0 aliphatic rings. The summed E-state index contributed by atoms with van der Waals surface area (Å²) in [6.45, 7) is 5.91. The van der Waals surface area contributed by atoms with Crippen molar-refractivity contribution in [1.29, 1.82) is 0 Å². The van der Waals surface area contributed by atoms with Gasteiger partial charge in [-0.3, -0.25) is 0 Å². The van der Waals surface area contributed by atoms with E-state index in [0.29, 0.717) is 0 Å². The lowest BCUT2D eigenvalue weighted by molar-refractivity contribution is 0.482. The van der Waals surface area contributed by atoms with Gasteiger partial charge in [0.1, 0.15) is 11.5 Å². The van der Waals surface area contributed by atoms with Crippen LogP contribution in [0.5, 0.6) is 11.5 Å². The predicted octanol–water partition coefficient (Wildman–Crippen LogP) is 3.97. The fourth-order valence-electron chi connectivity index (χ4n) is 1.42. The Hall–Kier alpha value is -1.76. The summed E-state index contributed by atoms with van der Waals surface area (Å²) in [6, 6.07) is 15.7. The van der Waals surface area contributed by atoms with Crippen molar-refractivity contribution in [3.8, 4) is 11.5 Å². The average Bonchev–Trinajstić information content (AvgIpc) is 2.17. The molecule has 0 saturated heterocycles. The van der Waals surface area contributed by atoms with E-state index in [9.17, 15) is 0 Å². The second kappa shape index (κ2) is 4.18. The summed E-state index contributed by atoms with van der Waals surface area (Å²) < 4.78 is 5.70. The van der Waals surface area contributed by atoms with E-state index >= 15 is 0 Å². The minimum Gasteiger partial charge on any atom is -0.457 e. The lowest BCUT2D eigenvalue weighted by atomic mass is 10.2. The first-order valence-corrected chi connectivity index (χ1v) is 4.90. The van der Waals surface area contributed by atoms with Gasteiger partial charge >= 0.3 is 0 Å². The molecule has 0 aliphatic carbocycles. The molecule has 0 aromatic heterocycles. The minimum atomic E-state index is 0.827. The van der Waals surface area contributed by atoms with Gasteiger partial charge in [-0.05, 0) is 49.2 Å². The van der Waals surface area contributed by atoms with Crippen LogP contribution in [0.25, 0.3) is 0 Å². The van der Waals surface area contributed by atoms with E-state index in [4.69, 9.17) is 4.74 Å². The molecule has 1 radical (unpaired) electrons. The Labute approximate surface area is 90.3 Å². The van der Waals surface area contributed by atoms with E-state index in [0.717, 1.165) is 17.1 Å². The van der Waals surface area contributed by atoms with E-state index < -0.39 is 0 Å². The van der Waals surface area contributed by atoms with Crippen LogP contribution in [0.4, 0.5) is 0 Å². The summed E-state index contributed by atoms with van der Waals surface area (Å²) in [5.41, 5.74) is 2.15. The van der Waals surface area contributed by atoms with Crippen LogP contribution in [-0.2, 0) is 0 Å². The predicted molar refractivity (Wildman–Crippen MR) is 62.2 cm³/mol. The van der Waals surface area contributed by atoms with Gasteiger partial charge in [-0.2, -0.15) is 0 Å². The van der Waals surface area contributed by atoms with Gasteiger partial charge in [0.15, 0.2) is 0 Å². The molecule has 15 heavy (non-hydrogen) atoms. The van der Waals surface area contributed by atoms with E-state index in [-0.39, 0.29) is 0 Å². The Bertz CT molecular complexity index is 417. The molecule has 0 heterocycles. The van der Waals surface area contributed by atoms with Crippen LogP contribution in [0.3, 0.4) is 0 Å². The summed E-state index contributed by atoms with van der Waals surface area (Å²) in [5, 5.41) is 0. The molecule has 0 fully saturated rings. The van der Waals surface area contributed by atoms with Gasteiger partial charge < -0.3 is 4.74 Å². The van der Waals surface area contributed by atoms with Gasteiger partial charge in [0.25, 0.3) is 0 Å². The molecule has 75 valence electrons. The van der Waals surface area contributed by atoms with Crippen LogP contribution in [0, 0.1) is 13.8 Å². The van der Waals surface area contributed by atoms with E-state index in [1.807, 2.05) is 55.5 Å². The molecule has 0 atom stereocenters. The number of hydrogen-bond acceptors (Lipinski definition) is 1. The molecule has 0 amide bonds. The highest BCUT2D eigenvalue weighted by atomic mass is 16.5. The second-order valence-corrected chi connectivity index (χ2v) is 3.57. The lowest BCUT2D eigenvalue weighted by Crippen LogP contribution is -1.84. The molecule has 0 aliphatic heterocycles. The third-order valence-electron chi connectivity index (χ3n) is 2.12. The fraction of sp³-hybridized carbons (Fsp3) is 0.0714. The van der Waals surface area contributed by atoms with Gasteiger partial charge in [0.2, 0.25) is 0 Å². The molecule has 0 unspecified atom stereocenters.